The minimum absolute atomic E-state index is 0.0277. The molecule has 3 rings (SSSR count). The first-order chi connectivity index (χ1) is 12.2. The number of hydrogen-bond acceptors (Lipinski definition) is 4. The van der Waals surface area contributed by atoms with Crippen LogP contribution < -0.4 is 16.0 Å². The van der Waals surface area contributed by atoms with Crippen LogP contribution in [0.5, 0.6) is 0 Å². The standard InChI is InChI=1S/C18H32N4O2S/c23-17(12-16-13-25-11-8-19-16)22-9-6-15(7-10-22)21-18(24)20-14-4-2-1-3-5-14/h14-16,19H,1-13H2,(H2,20,21,24). The molecule has 3 N–H and O–H groups in total. The maximum Gasteiger partial charge on any atom is 0.315 e. The van der Waals surface area contributed by atoms with E-state index in [-0.39, 0.29) is 18.0 Å². The summed E-state index contributed by atoms with van der Waals surface area (Å²) >= 11 is 1.93. The van der Waals surface area contributed by atoms with Crippen LogP contribution in [0.4, 0.5) is 4.79 Å². The van der Waals surface area contributed by atoms with Crippen LogP contribution >= 0.6 is 11.8 Å². The summed E-state index contributed by atoms with van der Waals surface area (Å²) in [5.74, 6) is 2.43. The molecule has 7 heteroatoms. The van der Waals surface area contributed by atoms with Gasteiger partial charge in [0.25, 0.3) is 0 Å². The third-order valence-corrected chi connectivity index (χ3v) is 6.67. The largest absolute Gasteiger partial charge is 0.342 e. The molecule has 1 atom stereocenters. The fraction of sp³-hybridized carbons (Fsp3) is 0.889. The predicted octanol–water partition coefficient (Wildman–Crippen LogP) is 1.70. The predicted molar refractivity (Wildman–Crippen MR) is 102 cm³/mol. The molecular weight excluding hydrogens is 336 g/mol. The van der Waals surface area contributed by atoms with E-state index < -0.39 is 0 Å². The molecule has 2 saturated heterocycles. The van der Waals surface area contributed by atoms with Gasteiger partial charge in [-0.1, -0.05) is 19.3 Å². The highest BCUT2D eigenvalue weighted by Crippen LogP contribution is 2.18. The van der Waals surface area contributed by atoms with Crippen molar-refractivity contribution in [1.82, 2.24) is 20.9 Å². The molecule has 0 spiro atoms. The number of hydrogen-bond donors (Lipinski definition) is 3. The van der Waals surface area contributed by atoms with Crippen LogP contribution in [0, 0.1) is 0 Å². The normalized spacial score (nSPS) is 26.2. The zero-order valence-electron chi connectivity index (χ0n) is 15.1. The number of thioether (sulfide) groups is 1. The maximum absolute atomic E-state index is 12.4. The molecule has 6 nitrogen and oxygen atoms in total. The zero-order valence-corrected chi connectivity index (χ0v) is 15.9. The molecule has 25 heavy (non-hydrogen) atoms. The number of rotatable bonds is 4. The van der Waals surface area contributed by atoms with Crippen molar-refractivity contribution in [2.45, 2.75) is 69.5 Å². The van der Waals surface area contributed by atoms with E-state index in [0.717, 1.165) is 56.8 Å². The number of piperidine rings is 1. The Morgan fingerprint density at radius 1 is 1.00 bits per heavy atom. The van der Waals surface area contributed by atoms with Gasteiger partial charge in [-0.05, 0) is 25.7 Å². The average molecular weight is 369 g/mol. The van der Waals surface area contributed by atoms with E-state index in [1.165, 1.54) is 19.3 Å². The molecule has 3 amide bonds. The van der Waals surface area contributed by atoms with Crippen molar-refractivity contribution in [2.75, 3.05) is 31.1 Å². The van der Waals surface area contributed by atoms with Crippen LogP contribution in [0.25, 0.3) is 0 Å². The maximum atomic E-state index is 12.4. The van der Waals surface area contributed by atoms with Gasteiger partial charge in [0.05, 0.1) is 0 Å². The Bertz CT molecular complexity index is 442. The molecule has 1 saturated carbocycles. The molecule has 0 aromatic heterocycles. The highest BCUT2D eigenvalue weighted by molar-refractivity contribution is 7.99. The van der Waals surface area contributed by atoms with E-state index >= 15 is 0 Å². The Balaban J connectivity index is 1.33. The van der Waals surface area contributed by atoms with Crippen molar-refractivity contribution in [1.29, 1.82) is 0 Å². The van der Waals surface area contributed by atoms with E-state index in [1.807, 2.05) is 16.7 Å². The van der Waals surface area contributed by atoms with Gasteiger partial charge >= 0.3 is 6.03 Å². The molecule has 0 bridgehead atoms. The van der Waals surface area contributed by atoms with Crippen molar-refractivity contribution < 1.29 is 9.59 Å². The number of carbonyl (C=O) groups is 2. The minimum atomic E-state index is -0.0277. The van der Waals surface area contributed by atoms with Crippen molar-refractivity contribution in [3.63, 3.8) is 0 Å². The van der Waals surface area contributed by atoms with Crippen molar-refractivity contribution in [2.24, 2.45) is 0 Å². The molecule has 1 aliphatic carbocycles. The van der Waals surface area contributed by atoms with Gasteiger partial charge in [-0.25, -0.2) is 4.79 Å². The first kappa shape index (κ1) is 18.8. The summed E-state index contributed by atoms with van der Waals surface area (Å²) in [6.07, 6.45) is 8.27. The molecule has 0 radical (unpaired) electrons. The highest BCUT2D eigenvalue weighted by atomic mass is 32.2. The molecule has 2 heterocycles. The summed E-state index contributed by atoms with van der Waals surface area (Å²) in [5.41, 5.74) is 0. The van der Waals surface area contributed by atoms with Crippen LogP contribution in [0.15, 0.2) is 0 Å². The van der Waals surface area contributed by atoms with E-state index in [4.69, 9.17) is 0 Å². The quantitative estimate of drug-likeness (QED) is 0.706. The number of nitrogens with zero attached hydrogens (tertiary/aromatic N) is 1. The van der Waals surface area contributed by atoms with Crippen molar-refractivity contribution >= 4 is 23.7 Å². The summed E-state index contributed by atoms with van der Waals surface area (Å²) in [7, 11) is 0. The minimum Gasteiger partial charge on any atom is -0.342 e. The Morgan fingerprint density at radius 3 is 2.32 bits per heavy atom. The summed E-state index contributed by atoms with van der Waals surface area (Å²) in [4.78, 5) is 26.5. The van der Waals surface area contributed by atoms with Crippen LogP contribution in [0.2, 0.25) is 0 Å². The first-order valence-corrected chi connectivity index (χ1v) is 11.0. The van der Waals surface area contributed by atoms with Crippen molar-refractivity contribution in [3.8, 4) is 0 Å². The Labute approximate surface area is 155 Å². The molecular formula is C18H32N4O2S. The van der Waals surface area contributed by atoms with Crippen LogP contribution in [-0.2, 0) is 4.79 Å². The first-order valence-electron chi connectivity index (χ1n) is 9.86. The molecule has 0 aromatic carbocycles. The number of urea groups is 1. The van der Waals surface area contributed by atoms with Gasteiger partial charge in [0, 0.05) is 55.7 Å². The summed E-state index contributed by atoms with van der Waals surface area (Å²) < 4.78 is 0. The van der Waals surface area contributed by atoms with E-state index in [1.54, 1.807) is 0 Å². The van der Waals surface area contributed by atoms with Crippen LogP contribution in [0.3, 0.4) is 0 Å². The lowest BCUT2D eigenvalue weighted by Gasteiger charge is -2.34. The van der Waals surface area contributed by atoms with Gasteiger partial charge in [0.2, 0.25) is 5.91 Å². The SMILES string of the molecule is O=C(NC1CCCCC1)NC1CCN(C(=O)CC2CSCCN2)CC1. The number of amides is 3. The topological polar surface area (TPSA) is 73.5 Å². The second-order valence-electron chi connectivity index (χ2n) is 7.54. The lowest BCUT2D eigenvalue weighted by atomic mass is 9.96. The third-order valence-electron chi connectivity index (χ3n) is 5.54. The molecule has 0 aromatic rings. The van der Waals surface area contributed by atoms with E-state index in [2.05, 4.69) is 16.0 Å². The smallest absolute Gasteiger partial charge is 0.315 e. The number of likely N-dealkylation sites (tertiary alicyclic amines) is 1. The molecule has 2 aliphatic heterocycles. The zero-order chi connectivity index (χ0) is 17.5. The van der Waals surface area contributed by atoms with Gasteiger partial charge in [0.1, 0.15) is 0 Å². The van der Waals surface area contributed by atoms with Gasteiger partial charge in [0.15, 0.2) is 0 Å². The highest BCUT2D eigenvalue weighted by Gasteiger charge is 2.26. The Kier molecular flexibility index (Phi) is 7.28. The van der Waals surface area contributed by atoms with Crippen LogP contribution in [-0.4, -0.2) is 66.1 Å². The van der Waals surface area contributed by atoms with Crippen molar-refractivity contribution in [3.05, 3.63) is 0 Å². The third kappa shape index (κ3) is 6.06. The van der Waals surface area contributed by atoms with Gasteiger partial charge < -0.3 is 20.9 Å². The van der Waals surface area contributed by atoms with Gasteiger partial charge in [-0.2, -0.15) is 11.8 Å². The Hall–Kier alpha value is -0.950. The number of nitrogens with one attached hydrogen (secondary N) is 3. The second-order valence-corrected chi connectivity index (χ2v) is 8.69. The van der Waals surface area contributed by atoms with Gasteiger partial charge in [-0.3, -0.25) is 4.79 Å². The van der Waals surface area contributed by atoms with E-state index in [9.17, 15) is 9.59 Å². The fourth-order valence-corrected chi connectivity index (χ4v) is 4.97. The number of carbonyl (C=O) groups excluding carboxylic acids is 2. The fourth-order valence-electron chi connectivity index (χ4n) is 4.02. The molecule has 1 unspecified atom stereocenters. The van der Waals surface area contributed by atoms with Gasteiger partial charge in [-0.15, -0.1) is 0 Å². The average Bonchev–Trinajstić information content (AvgIpc) is 2.64. The monoisotopic (exact) mass is 368 g/mol. The molecule has 142 valence electrons. The summed E-state index contributed by atoms with van der Waals surface area (Å²) in [6, 6.07) is 0.829. The van der Waals surface area contributed by atoms with Crippen LogP contribution in [0.1, 0.15) is 51.4 Å². The second kappa shape index (κ2) is 9.67. The summed E-state index contributed by atoms with van der Waals surface area (Å²) in [5, 5.41) is 9.65. The molecule has 3 aliphatic rings. The van der Waals surface area contributed by atoms with E-state index in [0.29, 0.717) is 18.5 Å². The molecule has 3 fully saturated rings. The Morgan fingerprint density at radius 2 is 1.68 bits per heavy atom. The summed E-state index contributed by atoms with van der Waals surface area (Å²) in [6.45, 7) is 2.52. The lowest BCUT2D eigenvalue weighted by Crippen LogP contribution is -2.51. The lowest BCUT2D eigenvalue weighted by molar-refractivity contribution is -0.132.